The molecule has 4 rings (SSSR count). The van der Waals surface area contributed by atoms with Crippen LogP contribution in [0.4, 0.5) is 5.82 Å². The fourth-order valence-electron chi connectivity index (χ4n) is 3.57. The number of aromatic nitrogens is 2. The van der Waals surface area contributed by atoms with Crippen LogP contribution in [0.2, 0.25) is 5.02 Å². The molecule has 0 aliphatic heterocycles. The second kappa shape index (κ2) is 12.0. The number of pyridine rings is 1. The lowest BCUT2D eigenvalue weighted by molar-refractivity contribution is 0.0536. The zero-order chi connectivity index (χ0) is 27.2. The van der Waals surface area contributed by atoms with Crippen molar-refractivity contribution in [3.63, 3.8) is 0 Å². The Hall–Kier alpha value is -4.06. The van der Waals surface area contributed by atoms with E-state index < -0.39 is 12.7 Å². The van der Waals surface area contributed by atoms with Gasteiger partial charge in [0.15, 0.2) is 0 Å². The van der Waals surface area contributed by atoms with Crippen molar-refractivity contribution in [2.45, 2.75) is 23.8 Å². The van der Waals surface area contributed by atoms with E-state index in [1.54, 1.807) is 36.4 Å². The van der Waals surface area contributed by atoms with Crippen LogP contribution in [0, 0.1) is 29.6 Å². The average Bonchev–Trinajstić information content (AvgIpc) is 3.30. The number of aliphatic hydroxyl groups is 2. The average molecular weight is 548 g/mol. The van der Waals surface area contributed by atoms with Gasteiger partial charge in [0.1, 0.15) is 52.8 Å². The monoisotopic (exact) mass is 547 g/mol. The van der Waals surface area contributed by atoms with Crippen molar-refractivity contribution < 1.29 is 19.4 Å². The number of thioether (sulfide) groups is 1. The van der Waals surface area contributed by atoms with Crippen LogP contribution in [0.5, 0.6) is 5.75 Å². The minimum absolute atomic E-state index is 0.00845. The van der Waals surface area contributed by atoms with E-state index in [2.05, 4.69) is 22.1 Å². The summed E-state index contributed by atoms with van der Waals surface area (Å²) >= 11 is 7.24. The molecule has 2 aromatic heterocycles. The Morgan fingerprint density at radius 1 is 1.05 bits per heavy atom. The van der Waals surface area contributed by atoms with E-state index in [0.717, 1.165) is 5.56 Å². The third kappa shape index (κ3) is 5.91. The van der Waals surface area contributed by atoms with Gasteiger partial charge >= 0.3 is 0 Å². The number of anilines is 1. The summed E-state index contributed by atoms with van der Waals surface area (Å²) in [5.74, 6) is 1.90. The number of nitrogens with two attached hydrogens (primary N) is 1. The lowest BCUT2D eigenvalue weighted by Gasteiger charge is -2.14. The molecule has 0 aliphatic rings. The van der Waals surface area contributed by atoms with Gasteiger partial charge in [0.25, 0.3) is 0 Å². The standard InChI is InChI=1S/C27H22ClN5O4S/c1-15-23(32-26(37-15)17-2-6-18(28)7-3-17)14-38-27-22(11-30)24(21(10-29)25(31)33-27)16-4-8-20(9-5-16)36-13-19(35)12-34/h2-9,19,34-35H,12-14H2,1H3,(H2,31,33)/t19-/m1/s1. The summed E-state index contributed by atoms with van der Waals surface area (Å²) < 4.78 is 11.3. The second-order valence-corrected chi connectivity index (χ2v) is 9.54. The van der Waals surface area contributed by atoms with Crippen molar-refractivity contribution in [3.8, 4) is 40.5 Å². The lowest BCUT2D eigenvalue weighted by Crippen LogP contribution is -2.21. The van der Waals surface area contributed by atoms with Gasteiger partial charge in [-0.2, -0.15) is 10.5 Å². The number of nitrogens with zero attached hydrogens (tertiary/aromatic N) is 4. The van der Waals surface area contributed by atoms with Crippen LogP contribution < -0.4 is 10.5 Å². The predicted molar refractivity (Wildman–Crippen MR) is 143 cm³/mol. The second-order valence-electron chi connectivity index (χ2n) is 8.14. The zero-order valence-electron chi connectivity index (χ0n) is 20.2. The summed E-state index contributed by atoms with van der Waals surface area (Å²) in [6.07, 6.45) is -1.000. The highest BCUT2D eigenvalue weighted by Crippen LogP contribution is 2.37. The molecule has 2 heterocycles. The normalized spacial score (nSPS) is 11.5. The van der Waals surface area contributed by atoms with Crippen LogP contribution in [0.3, 0.4) is 0 Å². The van der Waals surface area contributed by atoms with Gasteiger partial charge in [-0.05, 0) is 48.9 Å². The fraction of sp³-hybridized carbons (Fsp3) is 0.185. The Labute approximate surface area is 228 Å². The van der Waals surface area contributed by atoms with Crippen LogP contribution >= 0.6 is 23.4 Å². The molecule has 4 N–H and O–H groups in total. The number of rotatable bonds is 9. The molecular weight excluding hydrogens is 526 g/mol. The summed E-state index contributed by atoms with van der Waals surface area (Å²) in [4.78, 5) is 8.93. The molecule has 0 spiro atoms. The van der Waals surface area contributed by atoms with Gasteiger partial charge in [0.05, 0.1) is 17.9 Å². The number of oxazole rings is 1. The molecule has 11 heteroatoms. The van der Waals surface area contributed by atoms with Crippen LogP contribution in [-0.2, 0) is 5.75 Å². The summed E-state index contributed by atoms with van der Waals surface area (Å²) in [5.41, 5.74) is 8.85. The van der Waals surface area contributed by atoms with Gasteiger partial charge < -0.3 is 25.1 Å². The number of nitriles is 2. The molecule has 0 saturated carbocycles. The van der Waals surface area contributed by atoms with Crippen LogP contribution in [-0.4, -0.2) is 39.5 Å². The first-order valence-electron chi connectivity index (χ1n) is 11.4. The minimum Gasteiger partial charge on any atom is -0.491 e. The van der Waals surface area contributed by atoms with E-state index in [9.17, 15) is 15.6 Å². The smallest absolute Gasteiger partial charge is 0.226 e. The van der Waals surface area contributed by atoms with Gasteiger partial charge in [-0.1, -0.05) is 35.5 Å². The van der Waals surface area contributed by atoms with Gasteiger partial charge in [0.2, 0.25) is 5.89 Å². The van der Waals surface area contributed by atoms with Crippen molar-refractivity contribution in [1.29, 1.82) is 10.5 Å². The molecule has 0 bridgehead atoms. The van der Waals surface area contributed by atoms with Crippen molar-refractivity contribution in [2.75, 3.05) is 18.9 Å². The molecule has 4 aromatic rings. The third-order valence-electron chi connectivity index (χ3n) is 5.54. The number of aliphatic hydroxyl groups excluding tert-OH is 2. The minimum atomic E-state index is -1.000. The lowest BCUT2D eigenvalue weighted by atomic mass is 9.97. The third-order valence-corrected chi connectivity index (χ3v) is 6.78. The molecule has 38 heavy (non-hydrogen) atoms. The number of ether oxygens (including phenoxy) is 1. The van der Waals surface area contributed by atoms with Crippen LogP contribution in [0.1, 0.15) is 22.6 Å². The molecule has 0 radical (unpaired) electrons. The Balaban J connectivity index is 1.63. The molecule has 0 saturated heterocycles. The predicted octanol–water partition coefficient (Wildman–Crippen LogP) is 4.72. The van der Waals surface area contributed by atoms with Gasteiger partial charge in [-0.15, -0.1) is 0 Å². The number of halogens is 1. The maximum atomic E-state index is 10.1. The van der Waals surface area contributed by atoms with Crippen molar-refractivity contribution >= 4 is 29.2 Å². The van der Waals surface area contributed by atoms with E-state index in [1.165, 1.54) is 11.8 Å². The number of benzene rings is 2. The molecule has 0 aliphatic carbocycles. The number of nitrogen functional groups attached to an aromatic ring is 1. The highest BCUT2D eigenvalue weighted by atomic mass is 35.5. The number of hydrogen-bond donors (Lipinski definition) is 3. The molecule has 1 atom stereocenters. The van der Waals surface area contributed by atoms with Crippen LogP contribution in [0.25, 0.3) is 22.6 Å². The Bertz CT molecular complexity index is 1530. The van der Waals surface area contributed by atoms with Crippen molar-refractivity contribution in [2.24, 2.45) is 0 Å². The van der Waals surface area contributed by atoms with Crippen LogP contribution in [0.15, 0.2) is 58.0 Å². The quantitative estimate of drug-likeness (QED) is 0.250. The SMILES string of the molecule is Cc1oc(-c2ccc(Cl)cc2)nc1CSc1nc(N)c(C#N)c(-c2ccc(OC[C@H](O)CO)cc2)c1C#N. The molecule has 0 fully saturated rings. The van der Waals surface area contributed by atoms with E-state index in [-0.39, 0.29) is 23.6 Å². The van der Waals surface area contributed by atoms with Crippen molar-refractivity contribution in [3.05, 3.63) is 76.1 Å². The highest BCUT2D eigenvalue weighted by Gasteiger charge is 2.22. The molecule has 192 valence electrons. The van der Waals surface area contributed by atoms with Crippen molar-refractivity contribution in [1.82, 2.24) is 9.97 Å². The van der Waals surface area contributed by atoms with E-state index in [1.807, 2.05) is 19.1 Å². The highest BCUT2D eigenvalue weighted by molar-refractivity contribution is 7.98. The first kappa shape index (κ1) is 27.0. The Morgan fingerprint density at radius 3 is 2.34 bits per heavy atom. The first-order valence-corrected chi connectivity index (χ1v) is 12.7. The Morgan fingerprint density at radius 2 is 1.71 bits per heavy atom. The Kier molecular flexibility index (Phi) is 8.52. The fourth-order valence-corrected chi connectivity index (χ4v) is 4.69. The molecule has 0 unspecified atom stereocenters. The molecule has 2 aromatic carbocycles. The van der Waals surface area contributed by atoms with Gasteiger partial charge in [-0.25, -0.2) is 9.97 Å². The topological polar surface area (TPSA) is 162 Å². The van der Waals surface area contributed by atoms with Gasteiger partial charge in [-0.3, -0.25) is 0 Å². The van der Waals surface area contributed by atoms with E-state index in [4.69, 9.17) is 31.6 Å². The van der Waals surface area contributed by atoms with Gasteiger partial charge in [0, 0.05) is 21.9 Å². The largest absolute Gasteiger partial charge is 0.491 e. The van der Waals surface area contributed by atoms with E-state index in [0.29, 0.717) is 50.0 Å². The summed E-state index contributed by atoms with van der Waals surface area (Å²) in [7, 11) is 0. The number of hydrogen-bond acceptors (Lipinski definition) is 10. The first-order chi connectivity index (χ1) is 18.3. The molecule has 0 amide bonds. The maximum absolute atomic E-state index is 10.1. The molecule has 9 nitrogen and oxygen atoms in total. The summed E-state index contributed by atoms with van der Waals surface area (Å²) in [6.45, 7) is 1.32. The zero-order valence-corrected chi connectivity index (χ0v) is 21.8. The van der Waals surface area contributed by atoms with E-state index >= 15 is 0 Å². The molecular formula is C27H22ClN5O4S. The summed E-state index contributed by atoms with van der Waals surface area (Å²) in [5, 5.41) is 39.2. The number of aryl methyl sites for hydroxylation is 1. The maximum Gasteiger partial charge on any atom is 0.226 e. The summed E-state index contributed by atoms with van der Waals surface area (Å²) in [6, 6.07) is 18.0.